The van der Waals surface area contributed by atoms with Crippen LogP contribution in [0.4, 0.5) is 0 Å². The molecule has 0 aromatic heterocycles. The maximum Gasteiger partial charge on any atom is 0.206 e. The molecule has 0 radical (unpaired) electrons. The van der Waals surface area contributed by atoms with Gasteiger partial charge in [0.1, 0.15) is 18.1 Å². The Balaban J connectivity index is 1.75. The van der Waals surface area contributed by atoms with Gasteiger partial charge in [0.15, 0.2) is 6.10 Å². The van der Waals surface area contributed by atoms with Gasteiger partial charge in [0, 0.05) is 0 Å². The molecule has 96 valence electrons. The molecule has 0 bridgehead atoms. The van der Waals surface area contributed by atoms with Crippen LogP contribution in [-0.4, -0.2) is 11.9 Å². The van der Waals surface area contributed by atoms with Crippen molar-refractivity contribution in [3.8, 4) is 11.5 Å². The molecule has 0 saturated carbocycles. The Morgan fingerprint density at radius 1 is 1.16 bits per heavy atom. The van der Waals surface area contributed by atoms with E-state index in [1.165, 1.54) is 0 Å². The minimum Gasteiger partial charge on any atom is -0.489 e. The quantitative estimate of drug-likeness (QED) is 0.843. The van der Waals surface area contributed by atoms with Gasteiger partial charge in [-0.05, 0) is 30.7 Å². The minimum atomic E-state index is -0.389. The van der Waals surface area contributed by atoms with Crippen LogP contribution >= 0.6 is 0 Å². The number of fused-ring (bicyclic) bond motifs is 1. The first-order valence-electron chi connectivity index (χ1n) is 6.26. The van der Waals surface area contributed by atoms with E-state index in [1.54, 1.807) is 19.1 Å². The van der Waals surface area contributed by atoms with Crippen molar-refractivity contribution in [2.24, 2.45) is 0 Å². The van der Waals surface area contributed by atoms with E-state index in [4.69, 9.17) is 9.47 Å². The van der Waals surface area contributed by atoms with Crippen molar-refractivity contribution in [2.75, 3.05) is 0 Å². The summed E-state index contributed by atoms with van der Waals surface area (Å²) >= 11 is 0. The number of benzene rings is 2. The predicted molar refractivity (Wildman–Crippen MR) is 71.6 cm³/mol. The average Bonchev–Trinajstić information content (AvgIpc) is 2.73. The fourth-order valence-corrected chi connectivity index (χ4v) is 2.10. The van der Waals surface area contributed by atoms with Crippen LogP contribution in [0.2, 0.25) is 0 Å². The van der Waals surface area contributed by atoms with Gasteiger partial charge in [0.25, 0.3) is 0 Å². The molecule has 0 N–H and O–H groups in total. The van der Waals surface area contributed by atoms with Gasteiger partial charge in [0.05, 0.1) is 5.56 Å². The first kappa shape index (κ1) is 11.8. The molecule has 3 heteroatoms. The lowest BCUT2D eigenvalue weighted by molar-refractivity contribution is 0.0878. The monoisotopic (exact) mass is 254 g/mol. The normalized spacial score (nSPS) is 16.9. The summed E-state index contributed by atoms with van der Waals surface area (Å²) in [5.41, 5.74) is 1.71. The summed E-state index contributed by atoms with van der Waals surface area (Å²) in [7, 11) is 0. The maximum absolute atomic E-state index is 11.8. The summed E-state index contributed by atoms with van der Waals surface area (Å²) < 4.78 is 11.1. The molecule has 1 unspecified atom stereocenters. The fourth-order valence-electron chi connectivity index (χ4n) is 2.10. The van der Waals surface area contributed by atoms with E-state index in [2.05, 4.69) is 0 Å². The van der Waals surface area contributed by atoms with Crippen LogP contribution in [-0.2, 0) is 6.61 Å². The summed E-state index contributed by atoms with van der Waals surface area (Å²) in [4.78, 5) is 11.8. The molecule has 1 heterocycles. The smallest absolute Gasteiger partial charge is 0.206 e. The molecule has 3 rings (SSSR count). The molecule has 1 aliphatic rings. The molecule has 0 saturated heterocycles. The Labute approximate surface area is 111 Å². The zero-order chi connectivity index (χ0) is 13.2. The molecule has 1 atom stereocenters. The predicted octanol–water partition coefficient (Wildman–Crippen LogP) is 3.23. The summed E-state index contributed by atoms with van der Waals surface area (Å²) in [5, 5.41) is 0. The van der Waals surface area contributed by atoms with Gasteiger partial charge in [-0.25, -0.2) is 0 Å². The maximum atomic E-state index is 11.8. The highest BCUT2D eigenvalue weighted by molar-refractivity contribution is 6.04. The second kappa shape index (κ2) is 4.76. The molecule has 0 aliphatic carbocycles. The molecule has 3 nitrogen and oxygen atoms in total. The highest BCUT2D eigenvalue weighted by Gasteiger charge is 2.28. The first-order chi connectivity index (χ1) is 9.24. The largest absolute Gasteiger partial charge is 0.489 e. The van der Waals surface area contributed by atoms with Crippen molar-refractivity contribution < 1.29 is 14.3 Å². The molecule has 2 aromatic carbocycles. The van der Waals surface area contributed by atoms with Crippen LogP contribution in [0.3, 0.4) is 0 Å². The van der Waals surface area contributed by atoms with Crippen molar-refractivity contribution in [3.05, 3.63) is 59.7 Å². The van der Waals surface area contributed by atoms with Gasteiger partial charge >= 0.3 is 0 Å². The Morgan fingerprint density at radius 3 is 2.74 bits per heavy atom. The van der Waals surface area contributed by atoms with E-state index in [9.17, 15) is 4.79 Å². The summed E-state index contributed by atoms with van der Waals surface area (Å²) in [6.45, 7) is 2.25. The van der Waals surface area contributed by atoms with Gasteiger partial charge in [-0.15, -0.1) is 0 Å². The molecule has 0 fully saturated rings. The van der Waals surface area contributed by atoms with E-state index in [0.29, 0.717) is 23.7 Å². The lowest BCUT2D eigenvalue weighted by Gasteiger charge is -2.07. The van der Waals surface area contributed by atoms with Gasteiger partial charge in [-0.2, -0.15) is 0 Å². The molecule has 0 spiro atoms. The van der Waals surface area contributed by atoms with Crippen molar-refractivity contribution in [2.45, 2.75) is 19.6 Å². The molecule has 0 amide bonds. The van der Waals surface area contributed by atoms with Crippen molar-refractivity contribution >= 4 is 5.78 Å². The number of ketones is 1. The van der Waals surface area contributed by atoms with Crippen LogP contribution in [0.15, 0.2) is 48.5 Å². The van der Waals surface area contributed by atoms with Crippen LogP contribution in [0.5, 0.6) is 11.5 Å². The van der Waals surface area contributed by atoms with Crippen molar-refractivity contribution in [1.29, 1.82) is 0 Å². The highest BCUT2D eigenvalue weighted by Crippen LogP contribution is 2.32. The van der Waals surface area contributed by atoms with Crippen LogP contribution in [0, 0.1) is 0 Å². The number of ether oxygens (including phenoxy) is 2. The third-order valence-corrected chi connectivity index (χ3v) is 3.14. The van der Waals surface area contributed by atoms with Crippen molar-refractivity contribution in [1.82, 2.24) is 0 Å². The number of carbonyl (C=O) groups is 1. The van der Waals surface area contributed by atoms with Gasteiger partial charge in [0.2, 0.25) is 5.78 Å². The van der Waals surface area contributed by atoms with E-state index in [1.807, 2.05) is 36.4 Å². The molecule has 19 heavy (non-hydrogen) atoms. The zero-order valence-corrected chi connectivity index (χ0v) is 10.6. The fraction of sp³-hybridized carbons (Fsp3) is 0.188. The van der Waals surface area contributed by atoms with Crippen molar-refractivity contribution in [3.63, 3.8) is 0 Å². The molecular formula is C16H14O3. The standard InChI is InChI=1S/C16H14O3/c1-11-16(17)14-9-13(7-8-15(14)19-11)18-10-12-5-3-2-4-6-12/h2-9,11H,10H2,1H3. The van der Waals surface area contributed by atoms with Gasteiger partial charge in [-0.1, -0.05) is 30.3 Å². The summed E-state index contributed by atoms with van der Waals surface area (Å²) in [6.07, 6.45) is -0.389. The third kappa shape index (κ3) is 2.32. The van der Waals surface area contributed by atoms with E-state index >= 15 is 0 Å². The SMILES string of the molecule is CC1Oc2ccc(OCc3ccccc3)cc2C1=O. The number of Topliss-reactive ketones (excluding diaryl/α,β-unsaturated/α-hetero) is 1. The third-order valence-electron chi connectivity index (χ3n) is 3.14. The highest BCUT2D eigenvalue weighted by atomic mass is 16.5. The molecular weight excluding hydrogens is 240 g/mol. The van der Waals surface area contributed by atoms with E-state index in [-0.39, 0.29) is 11.9 Å². The van der Waals surface area contributed by atoms with Crippen LogP contribution < -0.4 is 9.47 Å². The number of carbonyl (C=O) groups excluding carboxylic acids is 1. The van der Waals surface area contributed by atoms with E-state index < -0.39 is 0 Å². The van der Waals surface area contributed by atoms with Crippen LogP contribution in [0.1, 0.15) is 22.8 Å². The minimum absolute atomic E-state index is 0.0140. The Hall–Kier alpha value is -2.29. The molecule has 1 aliphatic heterocycles. The second-order valence-corrected chi connectivity index (χ2v) is 4.56. The van der Waals surface area contributed by atoms with Gasteiger partial charge in [-0.3, -0.25) is 4.79 Å². The molecule has 2 aromatic rings. The number of hydrogen-bond acceptors (Lipinski definition) is 3. The Morgan fingerprint density at radius 2 is 1.95 bits per heavy atom. The topological polar surface area (TPSA) is 35.5 Å². The average molecular weight is 254 g/mol. The second-order valence-electron chi connectivity index (χ2n) is 4.56. The number of rotatable bonds is 3. The Bertz CT molecular complexity index is 605. The van der Waals surface area contributed by atoms with Gasteiger partial charge < -0.3 is 9.47 Å². The summed E-state index contributed by atoms with van der Waals surface area (Å²) in [6, 6.07) is 15.3. The Kier molecular flexibility index (Phi) is 2.95. The van der Waals surface area contributed by atoms with E-state index in [0.717, 1.165) is 5.56 Å². The number of hydrogen-bond donors (Lipinski definition) is 0. The van der Waals surface area contributed by atoms with Crippen LogP contribution in [0.25, 0.3) is 0 Å². The zero-order valence-electron chi connectivity index (χ0n) is 10.6. The lowest BCUT2D eigenvalue weighted by atomic mass is 10.1. The first-order valence-corrected chi connectivity index (χ1v) is 6.26. The lowest BCUT2D eigenvalue weighted by Crippen LogP contribution is -2.14. The summed E-state index contributed by atoms with van der Waals surface area (Å²) in [5.74, 6) is 1.35.